The molecule has 2 heteroatoms. The van der Waals surface area contributed by atoms with Crippen molar-refractivity contribution in [2.75, 3.05) is 0 Å². The van der Waals surface area contributed by atoms with Crippen molar-refractivity contribution in [3.8, 4) is 0 Å². The van der Waals surface area contributed by atoms with Crippen molar-refractivity contribution in [3.63, 3.8) is 0 Å². The molecule has 20 heavy (non-hydrogen) atoms. The van der Waals surface area contributed by atoms with Crippen LogP contribution in [-0.2, 0) is 4.79 Å². The Morgan fingerprint density at radius 1 is 1.10 bits per heavy atom. The van der Waals surface area contributed by atoms with Gasteiger partial charge in [0.15, 0.2) is 0 Å². The largest absolute Gasteiger partial charge is 0.481 e. The maximum atomic E-state index is 10.6. The van der Waals surface area contributed by atoms with Gasteiger partial charge < -0.3 is 5.11 Å². The molecule has 0 aliphatic heterocycles. The highest BCUT2D eigenvalue weighted by molar-refractivity contribution is 5.73. The predicted molar refractivity (Wildman–Crippen MR) is 83.7 cm³/mol. The van der Waals surface area contributed by atoms with Gasteiger partial charge in [0.1, 0.15) is 0 Å². The van der Waals surface area contributed by atoms with Crippen LogP contribution in [0.3, 0.4) is 0 Å². The standard InChI is InChI=1S/C18H30O2/c1-2-3-4-5-6-7-8-9-10-11-12-13-14-16-15-17(16)18(19)20/h12,14,16-17H,2-11,15H2,1H3,(H,19,20). The first-order valence-electron chi connectivity index (χ1n) is 8.39. The molecule has 0 saturated heterocycles. The lowest BCUT2D eigenvalue weighted by molar-refractivity contribution is -0.138. The highest BCUT2D eigenvalue weighted by Crippen LogP contribution is 2.39. The Morgan fingerprint density at radius 2 is 1.70 bits per heavy atom. The third kappa shape index (κ3) is 8.22. The zero-order valence-electron chi connectivity index (χ0n) is 12.9. The van der Waals surface area contributed by atoms with E-state index in [-0.39, 0.29) is 11.8 Å². The number of carboxylic acids is 1. The molecule has 1 aliphatic carbocycles. The smallest absolute Gasteiger partial charge is 0.307 e. The molecule has 0 aromatic carbocycles. The Labute approximate surface area is 124 Å². The van der Waals surface area contributed by atoms with Crippen LogP contribution in [0.25, 0.3) is 0 Å². The number of hydrogen-bond acceptors (Lipinski definition) is 1. The van der Waals surface area contributed by atoms with Crippen molar-refractivity contribution < 1.29 is 9.90 Å². The Balaban J connectivity index is 1.85. The van der Waals surface area contributed by atoms with Gasteiger partial charge in [0.05, 0.1) is 5.92 Å². The van der Waals surface area contributed by atoms with Gasteiger partial charge >= 0.3 is 5.97 Å². The van der Waals surface area contributed by atoms with Gasteiger partial charge in [-0.05, 0) is 37.3 Å². The van der Waals surface area contributed by atoms with E-state index in [0.717, 1.165) is 12.8 Å². The fourth-order valence-electron chi connectivity index (χ4n) is 2.51. The summed E-state index contributed by atoms with van der Waals surface area (Å²) in [7, 11) is 0. The highest BCUT2D eigenvalue weighted by atomic mass is 16.4. The molecule has 0 spiro atoms. The summed E-state index contributed by atoms with van der Waals surface area (Å²) in [5.41, 5.74) is 3.14. The minimum absolute atomic E-state index is 0.136. The molecule has 2 atom stereocenters. The number of carboxylic acid groups (broad SMARTS) is 1. The SMILES string of the molecule is CCCCCCCCCCCC=C=CC1CC1C(=O)O. The van der Waals surface area contributed by atoms with Gasteiger partial charge in [0.2, 0.25) is 0 Å². The molecule has 2 unspecified atom stereocenters. The van der Waals surface area contributed by atoms with E-state index in [2.05, 4.69) is 18.7 Å². The van der Waals surface area contributed by atoms with E-state index in [4.69, 9.17) is 5.11 Å². The van der Waals surface area contributed by atoms with Gasteiger partial charge in [-0.1, -0.05) is 58.3 Å². The molecule has 0 aromatic heterocycles. The molecule has 1 aliphatic rings. The zero-order chi connectivity index (χ0) is 14.6. The second-order valence-corrected chi connectivity index (χ2v) is 6.00. The Morgan fingerprint density at radius 3 is 2.25 bits per heavy atom. The van der Waals surface area contributed by atoms with E-state index < -0.39 is 5.97 Å². The van der Waals surface area contributed by atoms with Gasteiger partial charge in [-0.2, -0.15) is 0 Å². The molecule has 0 heterocycles. The Hall–Kier alpha value is -1.01. The van der Waals surface area contributed by atoms with E-state index >= 15 is 0 Å². The summed E-state index contributed by atoms with van der Waals surface area (Å²) in [5.74, 6) is -0.553. The summed E-state index contributed by atoms with van der Waals surface area (Å²) in [5, 5.41) is 8.76. The quantitative estimate of drug-likeness (QED) is 0.386. The van der Waals surface area contributed by atoms with Crippen molar-refractivity contribution in [2.24, 2.45) is 11.8 Å². The molecule has 1 N–H and O–H groups in total. The van der Waals surface area contributed by atoms with Crippen LogP contribution in [0.15, 0.2) is 17.9 Å². The molecule has 1 rings (SSSR count). The summed E-state index contributed by atoms with van der Waals surface area (Å²) in [4.78, 5) is 10.6. The Bertz CT molecular complexity index is 326. The van der Waals surface area contributed by atoms with Gasteiger partial charge in [-0.3, -0.25) is 4.79 Å². The van der Waals surface area contributed by atoms with Gasteiger partial charge in [0.25, 0.3) is 0 Å². The van der Waals surface area contributed by atoms with Gasteiger partial charge in [0, 0.05) is 0 Å². The van der Waals surface area contributed by atoms with Gasteiger partial charge in [-0.15, -0.1) is 5.73 Å². The van der Waals surface area contributed by atoms with Crippen LogP contribution in [0, 0.1) is 11.8 Å². The highest BCUT2D eigenvalue weighted by Gasteiger charge is 2.41. The molecule has 1 fully saturated rings. The molecular formula is C18H30O2. The zero-order valence-corrected chi connectivity index (χ0v) is 12.9. The van der Waals surface area contributed by atoms with Crippen molar-refractivity contribution in [2.45, 2.75) is 77.6 Å². The second kappa shape index (κ2) is 10.7. The van der Waals surface area contributed by atoms with Crippen LogP contribution in [0.5, 0.6) is 0 Å². The van der Waals surface area contributed by atoms with E-state index in [0.29, 0.717) is 0 Å². The monoisotopic (exact) mass is 278 g/mol. The summed E-state index contributed by atoms with van der Waals surface area (Å²) < 4.78 is 0. The van der Waals surface area contributed by atoms with Crippen molar-refractivity contribution >= 4 is 5.97 Å². The van der Waals surface area contributed by atoms with Crippen LogP contribution in [0.2, 0.25) is 0 Å². The van der Waals surface area contributed by atoms with Crippen molar-refractivity contribution in [1.82, 2.24) is 0 Å². The molecule has 0 radical (unpaired) electrons. The van der Waals surface area contributed by atoms with Crippen LogP contribution in [-0.4, -0.2) is 11.1 Å². The molecule has 0 aromatic rings. The molecule has 114 valence electrons. The molecule has 2 nitrogen and oxygen atoms in total. The van der Waals surface area contributed by atoms with E-state index in [1.165, 1.54) is 57.8 Å². The second-order valence-electron chi connectivity index (χ2n) is 6.00. The van der Waals surface area contributed by atoms with Crippen LogP contribution in [0.4, 0.5) is 0 Å². The number of rotatable bonds is 12. The third-order valence-electron chi connectivity index (χ3n) is 4.04. The minimum Gasteiger partial charge on any atom is -0.481 e. The number of unbranched alkanes of at least 4 members (excludes halogenated alkanes) is 9. The molecular weight excluding hydrogens is 248 g/mol. The number of aliphatic carboxylic acids is 1. The van der Waals surface area contributed by atoms with Crippen molar-refractivity contribution in [1.29, 1.82) is 0 Å². The summed E-state index contributed by atoms with van der Waals surface area (Å²) in [6.07, 6.45) is 18.1. The van der Waals surface area contributed by atoms with Gasteiger partial charge in [-0.25, -0.2) is 0 Å². The first-order valence-corrected chi connectivity index (χ1v) is 8.39. The first kappa shape index (κ1) is 17.0. The summed E-state index contributed by atoms with van der Waals surface area (Å²) in [6.45, 7) is 2.26. The fourth-order valence-corrected chi connectivity index (χ4v) is 2.51. The number of carbonyl (C=O) groups is 1. The topological polar surface area (TPSA) is 37.3 Å². The number of hydrogen-bond donors (Lipinski definition) is 1. The molecule has 1 saturated carbocycles. The van der Waals surface area contributed by atoms with Crippen LogP contribution in [0.1, 0.15) is 77.6 Å². The lowest BCUT2D eigenvalue weighted by atomic mass is 10.1. The predicted octanol–water partition coefficient (Wildman–Crippen LogP) is 5.34. The summed E-state index contributed by atoms with van der Waals surface area (Å²) >= 11 is 0. The molecule has 0 bridgehead atoms. The average Bonchev–Trinajstić information content (AvgIpc) is 3.20. The van der Waals surface area contributed by atoms with E-state index in [1.807, 2.05) is 6.08 Å². The lowest BCUT2D eigenvalue weighted by Crippen LogP contribution is -1.97. The molecule has 0 amide bonds. The number of allylic oxidation sites excluding steroid dienone is 1. The normalized spacial score (nSPS) is 20.2. The lowest BCUT2D eigenvalue weighted by Gasteiger charge is -2.00. The summed E-state index contributed by atoms with van der Waals surface area (Å²) in [6, 6.07) is 0. The van der Waals surface area contributed by atoms with Crippen LogP contribution >= 0.6 is 0 Å². The van der Waals surface area contributed by atoms with E-state index in [9.17, 15) is 4.79 Å². The van der Waals surface area contributed by atoms with E-state index in [1.54, 1.807) is 0 Å². The maximum Gasteiger partial charge on any atom is 0.307 e. The minimum atomic E-state index is -0.660. The van der Waals surface area contributed by atoms with Crippen molar-refractivity contribution in [3.05, 3.63) is 17.9 Å². The van der Waals surface area contributed by atoms with Crippen LogP contribution < -0.4 is 0 Å². The maximum absolute atomic E-state index is 10.6. The Kier molecular flexibility index (Phi) is 9.15. The third-order valence-corrected chi connectivity index (χ3v) is 4.04. The first-order chi connectivity index (χ1) is 9.75. The fraction of sp³-hybridized carbons (Fsp3) is 0.778. The average molecular weight is 278 g/mol.